The molecule has 25 heavy (non-hydrogen) atoms. The predicted molar refractivity (Wildman–Crippen MR) is 88.4 cm³/mol. The molecule has 0 bridgehead atoms. The maximum absolute atomic E-state index is 12.7. The Morgan fingerprint density at radius 3 is 2.24 bits per heavy atom. The fourth-order valence-electron chi connectivity index (χ4n) is 2.25. The van der Waals surface area contributed by atoms with Gasteiger partial charge in [0.2, 0.25) is 0 Å². The van der Waals surface area contributed by atoms with E-state index in [0.29, 0.717) is 5.56 Å². The molecule has 0 aliphatic rings. The minimum atomic E-state index is -4.37. The summed E-state index contributed by atoms with van der Waals surface area (Å²) in [6.07, 6.45) is -6.18. The molecule has 0 saturated heterocycles. The van der Waals surface area contributed by atoms with Crippen molar-refractivity contribution in [3.05, 3.63) is 35.9 Å². The lowest BCUT2D eigenvalue weighted by Crippen LogP contribution is -2.36. The highest BCUT2D eigenvalue weighted by Gasteiger charge is 2.32. The fourth-order valence-corrected chi connectivity index (χ4v) is 2.25. The molecular formula is C18H24F3NO3. The molecule has 0 aromatic heterocycles. The summed E-state index contributed by atoms with van der Waals surface area (Å²) in [5, 5.41) is 2.35. The van der Waals surface area contributed by atoms with Gasteiger partial charge in [0.05, 0.1) is 0 Å². The molecule has 1 atom stereocenters. The summed E-state index contributed by atoms with van der Waals surface area (Å²) in [5.74, 6) is -1.11. The van der Waals surface area contributed by atoms with Crippen molar-refractivity contribution >= 4 is 11.9 Å². The molecule has 0 fully saturated rings. The van der Waals surface area contributed by atoms with E-state index in [4.69, 9.17) is 4.74 Å². The largest absolute Gasteiger partial charge is 0.444 e. The monoisotopic (exact) mass is 359 g/mol. The molecule has 1 N–H and O–H groups in total. The Morgan fingerprint density at radius 1 is 1.12 bits per heavy atom. The van der Waals surface area contributed by atoms with E-state index in [1.807, 2.05) is 0 Å². The summed E-state index contributed by atoms with van der Waals surface area (Å²) in [6.45, 7) is 4.80. The molecule has 0 radical (unpaired) electrons. The molecule has 1 amide bonds. The van der Waals surface area contributed by atoms with Crippen molar-refractivity contribution in [2.24, 2.45) is 5.92 Å². The van der Waals surface area contributed by atoms with Gasteiger partial charge in [-0.05, 0) is 33.1 Å². The van der Waals surface area contributed by atoms with E-state index in [-0.39, 0.29) is 25.2 Å². The maximum Gasteiger partial charge on any atom is 0.407 e. The lowest BCUT2D eigenvalue weighted by molar-refractivity contribution is -0.144. The first-order valence-corrected chi connectivity index (χ1v) is 8.08. The number of ketones is 1. The van der Waals surface area contributed by atoms with Crippen LogP contribution < -0.4 is 5.32 Å². The quantitative estimate of drug-likeness (QED) is 0.715. The van der Waals surface area contributed by atoms with E-state index in [2.05, 4.69) is 5.32 Å². The van der Waals surface area contributed by atoms with Gasteiger partial charge in [0.1, 0.15) is 5.60 Å². The summed E-state index contributed by atoms with van der Waals surface area (Å²) in [4.78, 5) is 23.7. The lowest BCUT2D eigenvalue weighted by atomic mass is 9.95. The summed E-state index contributed by atoms with van der Waals surface area (Å²) in [7, 11) is 0. The average Bonchev–Trinajstić information content (AvgIpc) is 2.47. The molecule has 0 aliphatic heterocycles. The number of carbonyl (C=O) groups excluding carboxylic acids is 2. The van der Waals surface area contributed by atoms with Crippen LogP contribution in [0.3, 0.4) is 0 Å². The van der Waals surface area contributed by atoms with Gasteiger partial charge in [0.15, 0.2) is 5.78 Å². The second kappa shape index (κ2) is 8.87. The minimum Gasteiger partial charge on any atom is -0.444 e. The number of Topliss-reactive ketones (excluding diaryl/α,β-unsaturated/α-hetero) is 1. The third kappa shape index (κ3) is 9.74. The highest BCUT2D eigenvalue weighted by molar-refractivity contribution is 5.95. The number of halogens is 3. The summed E-state index contributed by atoms with van der Waals surface area (Å²) in [5.41, 5.74) is -0.263. The standard InChI is InChI=1S/C18H24F3NO3/c1-17(2,3)25-16(24)22-12-13(11-18(19,20)21)9-10-15(23)14-7-5-4-6-8-14/h4-8,13H,9-12H2,1-3H3,(H,22,24). The zero-order chi connectivity index (χ0) is 19.1. The van der Waals surface area contributed by atoms with Gasteiger partial charge in [0.25, 0.3) is 0 Å². The predicted octanol–water partition coefficient (Wildman–Crippen LogP) is 4.74. The van der Waals surface area contributed by atoms with Crippen LogP contribution in [0.5, 0.6) is 0 Å². The third-order valence-electron chi connectivity index (χ3n) is 3.33. The van der Waals surface area contributed by atoms with Crippen LogP contribution in [0.4, 0.5) is 18.0 Å². The van der Waals surface area contributed by atoms with Crippen molar-refractivity contribution in [2.45, 2.75) is 51.8 Å². The van der Waals surface area contributed by atoms with Gasteiger partial charge in [-0.2, -0.15) is 13.2 Å². The number of nitrogens with one attached hydrogen (secondary N) is 1. The van der Waals surface area contributed by atoms with Crippen LogP contribution in [0.2, 0.25) is 0 Å². The molecule has 1 aromatic carbocycles. The van der Waals surface area contributed by atoms with Gasteiger partial charge in [-0.1, -0.05) is 30.3 Å². The van der Waals surface area contributed by atoms with Gasteiger partial charge in [0, 0.05) is 24.9 Å². The van der Waals surface area contributed by atoms with E-state index >= 15 is 0 Å². The van der Waals surface area contributed by atoms with Crippen LogP contribution in [0.25, 0.3) is 0 Å². The van der Waals surface area contributed by atoms with E-state index < -0.39 is 30.2 Å². The van der Waals surface area contributed by atoms with Crippen LogP contribution in [0, 0.1) is 5.92 Å². The molecule has 1 rings (SSSR count). The second-order valence-electron chi connectivity index (χ2n) is 6.90. The zero-order valence-electron chi connectivity index (χ0n) is 14.7. The molecule has 0 saturated carbocycles. The van der Waals surface area contributed by atoms with Crippen LogP contribution >= 0.6 is 0 Å². The van der Waals surface area contributed by atoms with E-state index in [1.54, 1.807) is 51.1 Å². The van der Waals surface area contributed by atoms with Crippen molar-refractivity contribution in [2.75, 3.05) is 6.54 Å². The van der Waals surface area contributed by atoms with Crippen LogP contribution in [0.1, 0.15) is 50.4 Å². The van der Waals surface area contributed by atoms with Crippen molar-refractivity contribution in [3.8, 4) is 0 Å². The van der Waals surface area contributed by atoms with E-state index in [1.165, 1.54) is 0 Å². The first kappa shape index (κ1) is 21.0. The Kier molecular flexibility index (Phi) is 7.45. The van der Waals surface area contributed by atoms with Gasteiger partial charge in [-0.15, -0.1) is 0 Å². The van der Waals surface area contributed by atoms with Crippen molar-refractivity contribution in [3.63, 3.8) is 0 Å². The number of benzene rings is 1. The molecule has 140 valence electrons. The Hall–Kier alpha value is -2.05. The highest BCUT2D eigenvalue weighted by atomic mass is 19.4. The molecule has 1 aromatic rings. The van der Waals surface area contributed by atoms with Crippen molar-refractivity contribution < 1.29 is 27.5 Å². The Labute approximate surface area is 145 Å². The number of alkyl halides is 3. The number of alkyl carbamates (subject to hydrolysis) is 1. The van der Waals surface area contributed by atoms with Crippen LogP contribution in [-0.4, -0.2) is 30.2 Å². The molecule has 0 heterocycles. The van der Waals surface area contributed by atoms with E-state index in [0.717, 1.165) is 0 Å². The maximum atomic E-state index is 12.7. The number of rotatable bonds is 7. The topological polar surface area (TPSA) is 55.4 Å². The Morgan fingerprint density at radius 2 is 1.72 bits per heavy atom. The highest BCUT2D eigenvalue weighted by Crippen LogP contribution is 2.27. The number of amides is 1. The van der Waals surface area contributed by atoms with Crippen molar-refractivity contribution in [1.82, 2.24) is 5.32 Å². The fraction of sp³-hybridized carbons (Fsp3) is 0.556. The SMILES string of the molecule is CC(C)(C)OC(=O)NCC(CCC(=O)c1ccccc1)CC(F)(F)F. The van der Waals surface area contributed by atoms with Gasteiger partial charge in [-0.3, -0.25) is 4.79 Å². The number of carbonyl (C=O) groups is 2. The van der Waals surface area contributed by atoms with Gasteiger partial charge < -0.3 is 10.1 Å². The molecule has 4 nitrogen and oxygen atoms in total. The van der Waals surface area contributed by atoms with Crippen LogP contribution in [0.15, 0.2) is 30.3 Å². The average molecular weight is 359 g/mol. The first-order valence-electron chi connectivity index (χ1n) is 8.08. The zero-order valence-corrected chi connectivity index (χ0v) is 14.7. The van der Waals surface area contributed by atoms with Crippen molar-refractivity contribution in [1.29, 1.82) is 0 Å². The molecule has 0 spiro atoms. The lowest BCUT2D eigenvalue weighted by Gasteiger charge is -2.22. The summed E-state index contributed by atoms with van der Waals surface area (Å²) in [6, 6.07) is 8.41. The second-order valence-corrected chi connectivity index (χ2v) is 6.90. The smallest absolute Gasteiger partial charge is 0.407 e. The minimum absolute atomic E-state index is 0.0131. The van der Waals surface area contributed by atoms with Crippen LogP contribution in [-0.2, 0) is 4.74 Å². The van der Waals surface area contributed by atoms with E-state index in [9.17, 15) is 22.8 Å². The first-order chi connectivity index (χ1) is 11.5. The Bertz CT molecular complexity index is 565. The van der Waals surface area contributed by atoms with Gasteiger partial charge in [-0.25, -0.2) is 4.79 Å². The normalized spacial score (nSPS) is 13.2. The summed E-state index contributed by atoms with van der Waals surface area (Å²) < 4.78 is 43.2. The summed E-state index contributed by atoms with van der Waals surface area (Å²) >= 11 is 0. The molecule has 0 aliphatic carbocycles. The number of hydrogen-bond donors (Lipinski definition) is 1. The van der Waals surface area contributed by atoms with Gasteiger partial charge >= 0.3 is 12.3 Å². The molecule has 7 heteroatoms. The molecule has 1 unspecified atom stereocenters. The number of hydrogen-bond acceptors (Lipinski definition) is 3. The molecular weight excluding hydrogens is 335 g/mol. The Balaban J connectivity index is 2.58. The number of ether oxygens (including phenoxy) is 1. The third-order valence-corrected chi connectivity index (χ3v) is 3.33.